The lowest BCUT2D eigenvalue weighted by Crippen LogP contribution is -2.40. The van der Waals surface area contributed by atoms with Crippen molar-refractivity contribution in [2.24, 2.45) is 0 Å². The van der Waals surface area contributed by atoms with Crippen LogP contribution in [0.5, 0.6) is 0 Å². The molecule has 3 amide bonds. The van der Waals surface area contributed by atoms with Gasteiger partial charge in [0.15, 0.2) is 0 Å². The number of para-hydroxylation sites is 1. The smallest absolute Gasteiger partial charge is 0.314 e. The molecule has 1 aliphatic rings. The van der Waals surface area contributed by atoms with Gasteiger partial charge in [0.05, 0.1) is 5.92 Å². The van der Waals surface area contributed by atoms with Gasteiger partial charge in [0.25, 0.3) is 0 Å². The molecule has 0 aliphatic carbocycles. The number of hydrogen-bond acceptors (Lipinski definition) is 2. The van der Waals surface area contributed by atoms with Crippen LogP contribution in [0.4, 0.5) is 10.5 Å². The zero-order valence-corrected chi connectivity index (χ0v) is 11.2. The number of amides is 3. The Bertz CT molecular complexity index is 485. The number of fused-ring (bicyclic) bond motifs is 1. The molecule has 1 aromatic carbocycles. The Kier molecular flexibility index (Phi) is 4.04. The van der Waals surface area contributed by atoms with Gasteiger partial charge in [-0.05, 0) is 31.9 Å². The molecule has 5 heteroatoms. The molecule has 0 saturated heterocycles. The minimum absolute atomic E-state index is 0.00673. The maximum Gasteiger partial charge on any atom is 0.314 e. The summed E-state index contributed by atoms with van der Waals surface area (Å²) in [6, 6.07) is 7.58. The molecule has 1 heterocycles. The number of rotatable bonds is 4. The van der Waals surface area contributed by atoms with E-state index in [-0.39, 0.29) is 23.9 Å². The quantitative estimate of drug-likeness (QED) is 0.773. The summed E-state index contributed by atoms with van der Waals surface area (Å²) < 4.78 is 0. The third-order valence-corrected chi connectivity index (χ3v) is 3.05. The molecule has 1 atom stereocenters. The zero-order chi connectivity index (χ0) is 13.8. The van der Waals surface area contributed by atoms with Crippen LogP contribution in [0, 0.1) is 0 Å². The van der Waals surface area contributed by atoms with Crippen molar-refractivity contribution < 1.29 is 9.59 Å². The van der Waals surface area contributed by atoms with Crippen molar-refractivity contribution in [2.75, 3.05) is 11.9 Å². The number of urea groups is 1. The second-order valence-electron chi connectivity index (χ2n) is 4.97. The molecule has 2 rings (SSSR count). The Balaban J connectivity index is 1.87. The molecular formula is C14H19N3O2. The summed E-state index contributed by atoms with van der Waals surface area (Å²) in [4.78, 5) is 23.3. The summed E-state index contributed by atoms with van der Waals surface area (Å²) in [5.74, 6) is -0.164. The maximum absolute atomic E-state index is 11.8. The highest BCUT2D eigenvalue weighted by atomic mass is 16.2. The minimum Gasteiger partial charge on any atom is -0.338 e. The standard InChI is InChI=1S/C14H19N3O2/c1-9(2)16-14(19)15-8-7-11-10-5-3-4-6-12(10)17-13(11)18/h3-6,9,11H,7-8H2,1-2H3,(H,17,18)(H2,15,16,19). The number of carbonyl (C=O) groups excluding carboxylic acids is 2. The second kappa shape index (κ2) is 5.73. The first-order chi connectivity index (χ1) is 9.08. The van der Waals surface area contributed by atoms with Gasteiger partial charge in [-0.25, -0.2) is 4.79 Å². The second-order valence-corrected chi connectivity index (χ2v) is 4.97. The molecule has 0 saturated carbocycles. The number of nitrogens with one attached hydrogen (secondary N) is 3. The van der Waals surface area contributed by atoms with Crippen LogP contribution >= 0.6 is 0 Å². The minimum atomic E-state index is -0.193. The molecule has 0 spiro atoms. The molecule has 0 aromatic heterocycles. The molecule has 102 valence electrons. The Labute approximate surface area is 112 Å². The summed E-state index contributed by atoms with van der Waals surface area (Å²) in [5, 5.41) is 8.36. The first-order valence-electron chi connectivity index (χ1n) is 6.52. The van der Waals surface area contributed by atoms with Crippen molar-refractivity contribution in [1.29, 1.82) is 0 Å². The summed E-state index contributed by atoms with van der Waals surface area (Å²) in [6.07, 6.45) is 0.606. The van der Waals surface area contributed by atoms with Crippen molar-refractivity contribution in [3.05, 3.63) is 29.8 Å². The van der Waals surface area contributed by atoms with Crippen molar-refractivity contribution in [2.45, 2.75) is 32.2 Å². The van der Waals surface area contributed by atoms with E-state index in [0.29, 0.717) is 13.0 Å². The first kappa shape index (κ1) is 13.4. The number of carbonyl (C=O) groups is 2. The van der Waals surface area contributed by atoms with E-state index in [1.54, 1.807) is 0 Å². The SMILES string of the molecule is CC(C)NC(=O)NCCC1C(=O)Nc2ccccc21. The summed E-state index contributed by atoms with van der Waals surface area (Å²) in [5.41, 5.74) is 1.89. The van der Waals surface area contributed by atoms with Crippen LogP contribution < -0.4 is 16.0 Å². The largest absolute Gasteiger partial charge is 0.338 e. The Morgan fingerprint density at radius 1 is 1.37 bits per heavy atom. The van der Waals surface area contributed by atoms with Crippen LogP contribution in [0.1, 0.15) is 31.7 Å². The van der Waals surface area contributed by atoms with Gasteiger partial charge >= 0.3 is 6.03 Å². The maximum atomic E-state index is 11.8. The lowest BCUT2D eigenvalue weighted by molar-refractivity contribution is -0.117. The van der Waals surface area contributed by atoms with Gasteiger partial charge in [-0.15, -0.1) is 0 Å². The van der Waals surface area contributed by atoms with E-state index in [2.05, 4.69) is 16.0 Å². The Morgan fingerprint density at radius 3 is 2.84 bits per heavy atom. The predicted molar refractivity (Wildman–Crippen MR) is 74.1 cm³/mol. The van der Waals surface area contributed by atoms with Gasteiger partial charge < -0.3 is 16.0 Å². The van der Waals surface area contributed by atoms with Crippen LogP contribution in [0.15, 0.2) is 24.3 Å². The molecule has 1 aromatic rings. The van der Waals surface area contributed by atoms with Crippen molar-refractivity contribution >= 4 is 17.6 Å². The van der Waals surface area contributed by atoms with E-state index in [4.69, 9.17) is 0 Å². The summed E-state index contributed by atoms with van der Waals surface area (Å²) in [7, 11) is 0. The molecule has 0 fully saturated rings. The number of hydrogen-bond donors (Lipinski definition) is 3. The van der Waals surface area contributed by atoms with Crippen LogP contribution in [0.3, 0.4) is 0 Å². The van der Waals surface area contributed by atoms with Crippen molar-refractivity contribution in [1.82, 2.24) is 10.6 Å². The third-order valence-electron chi connectivity index (χ3n) is 3.05. The van der Waals surface area contributed by atoms with E-state index in [1.165, 1.54) is 0 Å². The van der Waals surface area contributed by atoms with Gasteiger partial charge in [0.2, 0.25) is 5.91 Å². The molecule has 1 unspecified atom stereocenters. The molecule has 0 radical (unpaired) electrons. The first-order valence-corrected chi connectivity index (χ1v) is 6.52. The van der Waals surface area contributed by atoms with Crippen LogP contribution in [-0.2, 0) is 4.79 Å². The van der Waals surface area contributed by atoms with E-state index >= 15 is 0 Å². The van der Waals surface area contributed by atoms with E-state index < -0.39 is 0 Å². The fraction of sp³-hybridized carbons (Fsp3) is 0.429. The van der Waals surface area contributed by atoms with Gasteiger partial charge in [-0.3, -0.25) is 4.79 Å². The van der Waals surface area contributed by atoms with E-state index in [1.807, 2.05) is 38.1 Å². The molecule has 1 aliphatic heterocycles. The fourth-order valence-electron chi connectivity index (χ4n) is 2.21. The van der Waals surface area contributed by atoms with Crippen molar-refractivity contribution in [3.8, 4) is 0 Å². The van der Waals surface area contributed by atoms with Crippen LogP contribution in [0.2, 0.25) is 0 Å². The number of benzene rings is 1. The average Bonchev–Trinajstić information content (AvgIpc) is 2.65. The van der Waals surface area contributed by atoms with Crippen molar-refractivity contribution in [3.63, 3.8) is 0 Å². The van der Waals surface area contributed by atoms with Gasteiger partial charge in [0, 0.05) is 18.3 Å². The lowest BCUT2D eigenvalue weighted by atomic mass is 9.97. The highest BCUT2D eigenvalue weighted by molar-refractivity contribution is 6.02. The topological polar surface area (TPSA) is 70.2 Å². The molecule has 19 heavy (non-hydrogen) atoms. The molecule has 0 bridgehead atoms. The zero-order valence-electron chi connectivity index (χ0n) is 11.2. The van der Waals surface area contributed by atoms with Gasteiger partial charge in [-0.1, -0.05) is 18.2 Å². The highest BCUT2D eigenvalue weighted by Crippen LogP contribution is 2.33. The number of anilines is 1. The Hall–Kier alpha value is -2.04. The van der Waals surface area contributed by atoms with Crippen LogP contribution in [0.25, 0.3) is 0 Å². The monoisotopic (exact) mass is 261 g/mol. The predicted octanol–water partition coefficient (Wildman–Crippen LogP) is 1.82. The third kappa shape index (κ3) is 3.24. The highest BCUT2D eigenvalue weighted by Gasteiger charge is 2.29. The summed E-state index contributed by atoms with van der Waals surface area (Å²) >= 11 is 0. The Morgan fingerprint density at radius 2 is 2.11 bits per heavy atom. The molecular weight excluding hydrogens is 242 g/mol. The lowest BCUT2D eigenvalue weighted by Gasteiger charge is -2.12. The van der Waals surface area contributed by atoms with Crippen LogP contribution in [-0.4, -0.2) is 24.5 Å². The average molecular weight is 261 g/mol. The van der Waals surface area contributed by atoms with E-state index in [0.717, 1.165) is 11.3 Å². The molecule has 3 N–H and O–H groups in total. The molecule has 5 nitrogen and oxygen atoms in total. The fourth-order valence-corrected chi connectivity index (χ4v) is 2.21. The van der Waals surface area contributed by atoms with E-state index in [9.17, 15) is 9.59 Å². The summed E-state index contributed by atoms with van der Waals surface area (Å²) in [6.45, 7) is 4.28. The normalized spacial score (nSPS) is 17.0. The van der Waals surface area contributed by atoms with Gasteiger partial charge in [0.1, 0.15) is 0 Å². The van der Waals surface area contributed by atoms with Gasteiger partial charge in [-0.2, -0.15) is 0 Å².